The van der Waals surface area contributed by atoms with E-state index in [0.29, 0.717) is 40.4 Å². The minimum atomic E-state index is -0.900. The molecule has 4 aromatic rings. The topological polar surface area (TPSA) is 96.1 Å². The molecule has 3 aromatic carbocycles. The van der Waals surface area contributed by atoms with Crippen LogP contribution in [0.15, 0.2) is 65.5 Å². The third-order valence-electron chi connectivity index (χ3n) is 4.81. The number of nitrogens with zero attached hydrogens (tertiary/aromatic N) is 1. The van der Waals surface area contributed by atoms with Gasteiger partial charge in [0.15, 0.2) is 0 Å². The fourth-order valence-electron chi connectivity index (χ4n) is 3.29. The molecule has 32 heavy (non-hydrogen) atoms. The summed E-state index contributed by atoms with van der Waals surface area (Å²) in [4.78, 5) is 24.6. The Morgan fingerprint density at radius 3 is 2.66 bits per heavy atom. The Kier molecular flexibility index (Phi) is 5.80. The predicted octanol–water partition coefficient (Wildman–Crippen LogP) is 4.44. The summed E-state index contributed by atoms with van der Waals surface area (Å²) < 4.78 is 32.0. The number of aromatic amines is 1. The van der Waals surface area contributed by atoms with Crippen molar-refractivity contribution in [1.82, 2.24) is 10.2 Å². The van der Waals surface area contributed by atoms with Crippen LogP contribution in [-0.4, -0.2) is 23.3 Å². The van der Waals surface area contributed by atoms with Gasteiger partial charge < -0.3 is 15.4 Å². The van der Waals surface area contributed by atoms with Crippen molar-refractivity contribution in [3.63, 3.8) is 0 Å². The molecule has 2 amide bonds. The second-order valence-electron chi connectivity index (χ2n) is 6.99. The molecule has 0 radical (unpaired) electrons. The largest absolute Gasteiger partial charge is 0.497 e. The van der Waals surface area contributed by atoms with E-state index in [1.165, 1.54) is 6.07 Å². The first-order chi connectivity index (χ1) is 15.4. The number of methoxy groups -OCH3 is 1. The summed E-state index contributed by atoms with van der Waals surface area (Å²) in [5.41, 5.74) is 1.34. The van der Waals surface area contributed by atoms with Gasteiger partial charge in [0.1, 0.15) is 17.4 Å². The minimum Gasteiger partial charge on any atom is -0.497 e. The SMILES string of the molecule is COc1cccc(Cc2n[nH]c(=O)c3cc(NC(=O)Nc4ccc(F)cc4F)ccc23)c1. The van der Waals surface area contributed by atoms with Crippen LogP contribution in [0.4, 0.5) is 25.0 Å². The molecular weight excluding hydrogens is 418 g/mol. The van der Waals surface area contributed by atoms with Crippen LogP contribution in [0.1, 0.15) is 11.3 Å². The van der Waals surface area contributed by atoms with E-state index in [-0.39, 0.29) is 5.69 Å². The highest BCUT2D eigenvalue weighted by atomic mass is 19.1. The van der Waals surface area contributed by atoms with Gasteiger partial charge in [0, 0.05) is 23.6 Å². The molecule has 0 unspecified atom stereocenters. The average Bonchev–Trinajstić information content (AvgIpc) is 2.78. The van der Waals surface area contributed by atoms with Gasteiger partial charge in [-0.2, -0.15) is 5.10 Å². The molecule has 9 heteroatoms. The zero-order valence-corrected chi connectivity index (χ0v) is 16.9. The van der Waals surface area contributed by atoms with Crippen molar-refractivity contribution in [1.29, 1.82) is 0 Å². The third-order valence-corrected chi connectivity index (χ3v) is 4.81. The molecule has 162 valence electrons. The third kappa shape index (κ3) is 4.56. The molecule has 0 aliphatic carbocycles. The monoisotopic (exact) mass is 436 g/mol. The zero-order valence-electron chi connectivity index (χ0n) is 16.9. The fraction of sp³-hybridized carbons (Fsp3) is 0.0870. The first kappa shape index (κ1) is 21.0. The molecule has 0 saturated carbocycles. The fourth-order valence-corrected chi connectivity index (χ4v) is 3.29. The van der Waals surface area contributed by atoms with Crippen LogP contribution in [0.5, 0.6) is 5.75 Å². The smallest absolute Gasteiger partial charge is 0.323 e. The molecule has 0 aliphatic rings. The zero-order chi connectivity index (χ0) is 22.7. The maximum Gasteiger partial charge on any atom is 0.323 e. The van der Waals surface area contributed by atoms with Crippen molar-refractivity contribution in [3.05, 3.63) is 93.9 Å². The summed E-state index contributed by atoms with van der Waals surface area (Å²) in [6.07, 6.45) is 0.460. The lowest BCUT2D eigenvalue weighted by molar-refractivity contribution is 0.262. The van der Waals surface area contributed by atoms with Crippen LogP contribution in [-0.2, 0) is 6.42 Å². The lowest BCUT2D eigenvalue weighted by Gasteiger charge is -2.10. The van der Waals surface area contributed by atoms with Gasteiger partial charge in [-0.15, -0.1) is 0 Å². The van der Waals surface area contributed by atoms with E-state index in [4.69, 9.17) is 4.74 Å². The number of ether oxygens (including phenoxy) is 1. The van der Waals surface area contributed by atoms with Gasteiger partial charge in [-0.05, 0) is 42.0 Å². The highest BCUT2D eigenvalue weighted by Crippen LogP contribution is 2.22. The van der Waals surface area contributed by atoms with Crippen LogP contribution < -0.4 is 20.9 Å². The van der Waals surface area contributed by atoms with Crippen LogP contribution in [0.25, 0.3) is 10.8 Å². The lowest BCUT2D eigenvalue weighted by atomic mass is 10.0. The summed E-state index contributed by atoms with van der Waals surface area (Å²) >= 11 is 0. The van der Waals surface area contributed by atoms with Crippen LogP contribution in [0, 0.1) is 11.6 Å². The summed E-state index contributed by atoms with van der Waals surface area (Å²) in [7, 11) is 1.59. The van der Waals surface area contributed by atoms with Crippen molar-refractivity contribution in [2.45, 2.75) is 6.42 Å². The normalized spacial score (nSPS) is 10.7. The molecule has 0 aliphatic heterocycles. The molecule has 0 atom stereocenters. The van der Waals surface area contributed by atoms with Crippen molar-refractivity contribution < 1.29 is 18.3 Å². The Morgan fingerprint density at radius 2 is 1.88 bits per heavy atom. The molecule has 4 rings (SSSR count). The Morgan fingerprint density at radius 1 is 1.03 bits per heavy atom. The van der Waals surface area contributed by atoms with Crippen molar-refractivity contribution in [2.75, 3.05) is 17.7 Å². The van der Waals surface area contributed by atoms with E-state index >= 15 is 0 Å². The van der Waals surface area contributed by atoms with Crippen LogP contribution >= 0.6 is 0 Å². The molecule has 0 bridgehead atoms. The Bertz CT molecular complexity index is 1370. The second-order valence-corrected chi connectivity index (χ2v) is 6.99. The molecule has 0 saturated heterocycles. The first-order valence-electron chi connectivity index (χ1n) is 9.60. The number of carbonyl (C=O) groups is 1. The Hall–Kier alpha value is -4.27. The second kappa shape index (κ2) is 8.84. The molecular formula is C23H18F2N4O3. The highest BCUT2D eigenvalue weighted by molar-refractivity contribution is 6.01. The van der Waals surface area contributed by atoms with Crippen molar-refractivity contribution in [3.8, 4) is 5.75 Å². The number of aromatic nitrogens is 2. The van der Waals surface area contributed by atoms with E-state index in [2.05, 4.69) is 20.8 Å². The quantitative estimate of drug-likeness (QED) is 0.431. The number of fused-ring (bicyclic) bond motifs is 1. The van der Waals surface area contributed by atoms with E-state index in [9.17, 15) is 18.4 Å². The summed E-state index contributed by atoms with van der Waals surface area (Å²) in [6, 6.07) is 14.4. The van der Waals surface area contributed by atoms with E-state index in [1.807, 2.05) is 24.3 Å². The number of urea groups is 1. The number of benzene rings is 3. The number of halogens is 2. The summed E-state index contributed by atoms with van der Waals surface area (Å²) in [5, 5.41) is 12.5. The molecule has 1 aromatic heterocycles. The summed E-state index contributed by atoms with van der Waals surface area (Å²) in [6.45, 7) is 0. The number of amides is 2. The predicted molar refractivity (Wildman–Crippen MR) is 117 cm³/mol. The average molecular weight is 436 g/mol. The van der Waals surface area contributed by atoms with E-state index in [0.717, 1.165) is 17.7 Å². The minimum absolute atomic E-state index is 0.174. The van der Waals surface area contributed by atoms with Crippen LogP contribution in [0.2, 0.25) is 0 Å². The van der Waals surface area contributed by atoms with Gasteiger partial charge in [0.2, 0.25) is 0 Å². The standard InChI is InChI=1S/C23H18F2N4O3/c1-32-16-4-2-3-13(9-16)10-21-17-7-6-15(12-18(17)22(30)29-28-21)26-23(31)27-20-8-5-14(24)11-19(20)25/h2-9,11-12H,10H2,1H3,(H,29,30)(H2,26,27,31). The molecule has 0 fully saturated rings. The lowest BCUT2D eigenvalue weighted by Crippen LogP contribution is -2.20. The van der Waals surface area contributed by atoms with Gasteiger partial charge in [-0.25, -0.2) is 18.7 Å². The van der Waals surface area contributed by atoms with E-state index < -0.39 is 23.2 Å². The number of rotatable bonds is 5. The van der Waals surface area contributed by atoms with Gasteiger partial charge in [0.05, 0.1) is 23.9 Å². The molecule has 7 nitrogen and oxygen atoms in total. The number of hydrogen-bond acceptors (Lipinski definition) is 4. The van der Waals surface area contributed by atoms with Gasteiger partial charge in [-0.1, -0.05) is 18.2 Å². The highest BCUT2D eigenvalue weighted by Gasteiger charge is 2.12. The van der Waals surface area contributed by atoms with Gasteiger partial charge in [0.25, 0.3) is 5.56 Å². The number of hydrogen-bond donors (Lipinski definition) is 3. The summed E-state index contributed by atoms with van der Waals surface area (Å²) in [5.74, 6) is -0.935. The number of carbonyl (C=O) groups excluding carboxylic acids is 1. The van der Waals surface area contributed by atoms with Crippen molar-refractivity contribution in [2.24, 2.45) is 0 Å². The number of nitrogens with one attached hydrogen (secondary N) is 3. The molecule has 1 heterocycles. The molecule has 3 N–H and O–H groups in total. The maximum absolute atomic E-state index is 13.7. The number of H-pyrrole nitrogens is 1. The number of anilines is 2. The van der Waals surface area contributed by atoms with Gasteiger partial charge >= 0.3 is 6.03 Å². The van der Waals surface area contributed by atoms with E-state index in [1.54, 1.807) is 19.2 Å². The van der Waals surface area contributed by atoms with Crippen LogP contribution in [0.3, 0.4) is 0 Å². The van der Waals surface area contributed by atoms with Crippen molar-refractivity contribution >= 4 is 28.2 Å². The molecule has 0 spiro atoms. The first-order valence-corrected chi connectivity index (χ1v) is 9.60. The Balaban J connectivity index is 1.57. The Labute approximate surface area is 181 Å². The maximum atomic E-state index is 13.7. The van der Waals surface area contributed by atoms with Gasteiger partial charge in [-0.3, -0.25) is 4.79 Å².